The van der Waals surface area contributed by atoms with E-state index in [2.05, 4.69) is 16.7 Å². The zero-order valence-corrected chi connectivity index (χ0v) is 15.4. The van der Waals surface area contributed by atoms with Gasteiger partial charge < -0.3 is 14.0 Å². The van der Waals surface area contributed by atoms with Crippen molar-refractivity contribution in [2.45, 2.75) is 26.9 Å². The van der Waals surface area contributed by atoms with Gasteiger partial charge >= 0.3 is 0 Å². The molecule has 0 spiro atoms. The first-order valence-corrected chi connectivity index (χ1v) is 9.09. The standard InChI is InChI=1S/C18H18N4O3S/c1-4-6-21-12-8-14-15(25-10-24-14)9-16(12)26-18(21)19-17(23)13-7-11(3)20-22(13)5-2/h4,7-9H,1,5-6,10H2,2-3H3. The molecule has 1 aliphatic heterocycles. The average Bonchev–Trinajstić information content (AvgIpc) is 3.31. The van der Waals surface area contributed by atoms with Gasteiger partial charge in [0.15, 0.2) is 16.3 Å². The van der Waals surface area contributed by atoms with Crippen LogP contribution in [0.2, 0.25) is 0 Å². The predicted molar refractivity (Wildman–Crippen MR) is 98.7 cm³/mol. The first-order valence-electron chi connectivity index (χ1n) is 8.28. The topological polar surface area (TPSA) is 70.6 Å². The monoisotopic (exact) mass is 370 g/mol. The van der Waals surface area contributed by atoms with Gasteiger partial charge in [-0.1, -0.05) is 17.4 Å². The molecule has 0 saturated heterocycles. The first kappa shape index (κ1) is 16.6. The molecule has 2 aromatic heterocycles. The number of hydrogen-bond acceptors (Lipinski definition) is 5. The maximum atomic E-state index is 12.7. The number of nitrogens with zero attached hydrogens (tertiary/aromatic N) is 4. The van der Waals surface area contributed by atoms with E-state index in [0.717, 1.165) is 15.9 Å². The Morgan fingerprint density at radius 1 is 1.38 bits per heavy atom. The van der Waals surface area contributed by atoms with Crippen LogP contribution >= 0.6 is 11.3 Å². The van der Waals surface area contributed by atoms with Crippen molar-refractivity contribution in [2.75, 3.05) is 6.79 Å². The molecule has 3 heterocycles. The molecule has 26 heavy (non-hydrogen) atoms. The van der Waals surface area contributed by atoms with Crippen LogP contribution in [0.3, 0.4) is 0 Å². The molecule has 1 amide bonds. The minimum absolute atomic E-state index is 0.226. The van der Waals surface area contributed by atoms with Crippen LogP contribution in [-0.2, 0) is 13.1 Å². The number of allylic oxidation sites excluding steroid dienone is 1. The number of carbonyl (C=O) groups excluding carboxylic acids is 1. The Hall–Kier alpha value is -2.87. The molecule has 1 aromatic carbocycles. The van der Waals surface area contributed by atoms with Crippen LogP contribution in [0.4, 0.5) is 0 Å². The maximum absolute atomic E-state index is 12.7. The van der Waals surface area contributed by atoms with Crippen molar-refractivity contribution in [1.29, 1.82) is 0 Å². The minimum atomic E-state index is -0.308. The zero-order valence-electron chi connectivity index (χ0n) is 14.6. The van der Waals surface area contributed by atoms with E-state index in [1.807, 2.05) is 30.5 Å². The van der Waals surface area contributed by atoms with Gasteiger partial charge in [-0.05, 0) is 19.9 Å². The molecule has 0 N–H and O–H groups in total. The molecule has 0 unspecified atom stereocenters. The van der Waals surface area contributed by atoms with E-state index in [9.17, 15) is 4.79 Å². The lowest BCUT2D eigenvalue weighted by atomic mass is 10.3. The summed E-state index contributed by atoms with van der Waals surface area (Å²) in [5.41, 5.74) is 2.22. The van der Waals surface area contributed by atoms with Gasteiger partial charge in [0.25, 0.3) is 5.91 Å². The van der Waals surface area contributed by atoms with Gasteiger partial charge in [0, 0.05) is 25.2 Å². The second-order valence-electron chi connectivity index (χ2n) is 5.86. The highest BCUT2D eigenvalue weighted by Crippen LogP contribution is 2.36. The Kier molecular flexibility index (Phi) is 4.12. The van der Waals surface area contributed by atoms with E-state index in [1.165, 1.54) is 11.3 Å². The lowest BCUT2D eigenvalue weighted by Crippen LogP contribution is -2.17. The third-order valence-corrected chi connectivity index (χ3v) is 5.15. The van der Waals surface area contributed by atoms with Gasteiger partial charge in [0.1, 0.15) is 5.69 Å². The summed E-state index contributed by atoms with van der Waals surface area (Å²) in [4.78, 5) is 17.7. The number of thiazole rings is 1. The number of fused-ring (bicyclic) bond motifs is 2. The van der Waals surface area contributed by atoms with E-state index in [1.54, 1.807) is 16.8 Å². The molecule has 0 radical (unpaired) electrons. The number of carbonyl (C=O) groups is 1. The molecular weight excluding hydrogens is 352 g/mol. The van der Waals surface area contributed by atoms with E-state index in [0.29, 0.717) is 35.1 Å². The van der Waals surface area contributed by atoms with E-state index < -0.39 is 0 Å². The number of ether oxygens (including phenoxy) is 2. The van der Waals surface area contributed by atoms with Crippen LogP contribution in [0.1, 0.15) is 23.1 Å². The number of amides is 1. The van der Waals surface area contributed by atoms with Crippen molar-refractivity contribution in [3.05, 3.63) is 47.0 Å². The second kappa shape index (κ2) is 6.45. The second-order valence-corrected chi connectivity index (χ2v) is 6.87. The molecule has 7 nitrogen and oxygen atoms in total. The lowest BCUT2D eigenvalue weighted by molar-refractivity contribution is 0.0987. The predicted octanol–water partition coefficient (Wildman–Crippen LogP) is 2.88. The van der Waals surface area contributed by atoms with Crippen molar-refractivity contribution in [2.24, 2.45) is 4.99 Å². The number of benzene rings is 1. The molecule has 0 aliphatic carbocycles. The molecule has 8 heteroatoms. The molecule has 0 atom stereocenters. The summed E-state index contributed by atoms with van der Waals surface area (Å²) in [7, 11) is 0. The van der Waals surface area contributed by atoms with Gasteiger partial charge in [-0.15, -0.1) is 6.58 Å². The highest BCUT2D eigenvalue weighted by atomic mass is 32.1. The Morgan fingerprint density at radius 3 is 2.88 bits per heavy atom. The third-order valence-electron chi connectivity index (χ3n) is 4.11. The Labute approximate surface area is 153 Å². The van der Waals surface area contributed by atoms with Gasteiger partial charge in [0.05, 0.1) is 15.9 Å². The van der Waals surface area contributed by atoms with Crippen LogP contribution in [0.5, 0.6) is 11.5 Å². The Morgan fingerprint density at radius 2 is 2.15 bits per heavy atom. The Bertz CT molecular complexity index is 1090. The van der Waals surface area contributed by atoms with E-state index in [-0.39, 0.29) is 12.7 Å². The number of hydrogen-bond donors (Lipinski definition) is 0. The van der Waals surface area contributed by atoms with Gasteiger partial charge in [0.2, 0.25) is 6.79 Å². The molecule has 134 valence electrons. The minimum Gasteiger partial charge on any atom is -0.454 e. The summed E-state index contributed by atoms with van der Waals surface area (Å²) in [6, 6.07) is 5.60. The molecule has 3 aromatic rings. The summed E-state index contributed by atoms with van der Waals surface area (Å²) >= 11 is 1.44. The highest BCUT2D eigenvalue weighted by Gasteiger charge is 2.18. The summed E-state index contributed by atoms with van der Waals surface area (Å²) in [6.07, 6.45) is 1.78. The number of aryl methyl sites for hydroxylation is 2. The van der Waals surface area contributed by atoms with Gasteiger partial charge in [-0.25, -0.2) is 0 Å². The quantitative estimate of drug-likeness (QED) is 0.662. The summed E-state index contributed by atoms with van der Waals surface area (Å²) in [6.45, 7) is 9.00. The average molecular weight is 370 g/mol. The normalized spacial score (nSPS) is 13.5. The van der Waals surface area contributed by atoms with Crippen LogP contribution in [0, 0.1) is 6.92 Å². The highest BCUT2D eigenvalue weighted by molar-refractivity contribution is 7.16. The smallest absolute Gasteiger partial charge is 0.297 e. The van der Waals surface area contributed by atoms with Crippen LogP contribution in [0.15, 0.2) is 35.8 Å². The summed E-state index contributed by atoms with van der Waals surface area (Å²) < 4.78 is 15.5. The van der Waals surface area contributed by atoms with Gasteiger partial charge in [-0.2, -0.15) is 10.1 Å². The molecular formula is C18H18N4O3S. The lowest BCUT2D eigenvalue weighted by Gasteiger charge is -2.02. The fraction of sp³-hybridized carbons (Fsp3) is 0.278. The molecule has 0 saturated carbocycles. The zero-order chi connectivity index (χ0) is 18.3. The summed E-state index contributed by atoms with van der Waals surface area (Å²) in [5.74, 6) is 1.10. The fourth-order valence-electron chi connectivity index (χ4n) is 2.95. The molecule has 4 rings (SSSR count). The molecule has 0 bridgehead atoms. The SMILES string of the molecule is C=CCn1c(=NC(=O)c2cc(C)nn2CC)sc2cc3c(cc21)OCO3. The molecule has 1 aliphatic rings. The Balaban J connectivity index is 1.87. The van der Waals surface area contributed by atoms with Crippen LogP contribution < -0.4 is 14.3 Å². The first-order chi connectivity index (χ1) is 12.6. The van der Waals surface area contributed by atoms with Crippen molar-refractivity contribution < 1.29 is 14.3 Å². The van der Waals surface area contributed by atoms with E-state index in [4.69, 9.17) is 9.47 Å². The van der Waals surface area contributed by atoms with Crippen molar-refractivity contribution in [1.82, 2.24) is 14.3 Å². The number of rotatable bonds is 4. The van der Waals surface area contributed by atoms with E-state index >= 15 is 0 Å². The summed E-state index contributed by atoms with van der Waals surface area (Å²) in [5, 5.41) is 4.32. The van der Waals surface area contributed by atoms with Gasteiger partial charge in [-0.3, -0.25) is 9.48 Å². The van der Waals surface area contributed by atoms with Crippen molar-refractivity contribution in [3.63, 3.8) is 0 Å². The molecule has 0 fully saturated rings. The number of aromatic nitrogens is 3. The van der Waals surface area contributed by atoms with Crippen molar-refractivity contribution in [3.8, 4) is 11.5 Å². The maximum Gasteiger partial charge on any atom is 0.297 e. The van der Waals surface area contributed by atoms with Crippen molar-refractivity contribution >= 4 is 27.5 Å². The fourth-order valence-corrected chi connectivity index (χ4v) is 4.00. The third kappa shape index (κ3) is 2.72. The largest absolute Gasteiger partial charge is 0.454 e. The van der Waals surface area contributed by atoms with Crippen LogP contribution in [0.25, 0.3) is 10.2 Å². The van der Waals surface area contributed by atoms with Crippen LogP contribution in [-0.4, -0.2) is 27.0 Å².